The molecular formula is C13H14N2O2S. The van der Waals surface area contributed by atoms with Crippen LogP contribution in [0.25, 0.3) is 0 Å². The molecule has 0 aliphatic rings. The van der Waals surface area contributed by atoms with Gasteiger partial charge in [-0.1, -0.05) is 18.2 Å². The minimum atomic E-state index is -0.974. The third kappa shape index (κ3) is 2.68. The Balaban J connectivity index is 2.09. The van der Waals surface area contributed by atoms with Crippen molar-refractivity contribution < 1.29 is 9.90 Å². The van der Waals surface area contributed by atoms with Gasteiger partial charge in [0.05, 0.1) is 12.2 Å². The van der Waals surface area contributed by atoms with Crippen molar-refractivity contribution >= 4 is 23.0 Å². The molecule has 0 spiro atoms. The molecule has 1 aromatic carbocycles. The highest BCUT2D eigenvalue weighted by Gasteiger charge is 2.09. The number of carbonyl (C=O) groups is 1. The van der Waals surface area contributed by atoms with Crippen LogP contribution in [-0.2, 0) is 6.54 Å². The number of aromatic nitrogens is 1. The molecule has 2 N–H and O–H groups in total. The van der Waals surface area contributed by atoms with E-state index in [1.165, 1.54) is 11.1 Å². The fourth-order valence-corrected chi connectivity index (χ4v) is 2.41. The Morgan fingerprint density at radius 1 is 1.39 bits per heavy atom. The summed E-state index contributed by atoms with van der Waals surface area (Å²) in [4.78, 5) is 14.8. The lowest BCUT2D eigenvalue weighted by atomic mass is 10.1. The molecule has 0 atom stereocenters. The minimum absolute atomic E-state index is 0.133. The fraction of sp³-hybridized carbons (Fsp3) is 0.231. The number of carboxylic acid groups (broad SMARTS) is 1. The highest BCUT2D eigenvalue weighted by molar-refractivity contribution is 7.11. The largest absolute Gasteiger partial charge is 0.476 e. The van der Waals surface area contributed by atoms with E-state index in [0.717, 1.165) is 22.7 Å². The van der Waals surface area contributed by atoms with E-state index in [1.54, 1.807) is 5.38 Å². The first kappa shape index (κ1) is 12.6. The number of hydrogen-bond acceptors (Lipinski definition) is 4. The summed E-state index contributed by atoms with van der Waals surface area (Å²) in [6, 6.07) is 6.10. The Morgan fingerprint density at radius 3 is 2.61 bits per heavy atom. The molecule has 2 rings (SSSR count). The van der Waals surface area contributed by atoms with Crippen molar-refractivity contribution in [2.45, 2.75) is 20.4 Å². The lowest BCUT2D eigenvalue weighted by molar-refractivity contribution is 0.0696. The van der Waals surface area contributed by atoms with Crippen molar-refractivity contribution in [1.29, 1.82) is 0 Å². The summed E-state index contributed by atoms with van der Waals surface area (Å²) in [6.45, 7) is 4.62. The van der Waals surface area contributed by atoms with Crippen LogP contribution in [0.3, 0.4) is 0 Å². The van der Waals surface area contributed by atoms with Crippen LogP contribution in [0.2, 0.25) is 0 Å². The molecule has 2 aromatic rings. The molecule has 0 fully saturated rings. The number of carboxylic acids is 1. The smallest absolute Gasteiger partial charge is 0.365 e. The topological polar surface area (TPSA) is 62.2 Å². The average molecular weight is 262 g/mol. The van der Waals surface area contributed by atoms with Crippen molar-refractivity contribution in [3.05, 3.63) is 45.4 Å². The molecule has 94 valence electrons. The molecule has 5 heteroatoms. The number of anilines is 1. The zero-order valence-electron chi connectivity index (χ0n) is 10.2. The molecule has 18 heavy (non-hydrogen) atoms. The number of benzene rings is 1. The second-order valence-electron chi connectivity index (χ2n) is 4.07. The van der Waals surface area contributed by atoms with Gasteiger partial charge in [-0.25, -0.2) is 9.78 Å². The van der Waals surface area contributed by atoms with E-state index < -0.39 is 5.97 Å². The Morgan fingerprint density at radius 2 is 2.06 bits per heavy atom. The monoisotopic (exact) mass is 262 g/mol. The van der Waals surface area contributed by atoms with Gasteiger partial charge in [0.15, 0.2) is 0 Å². The van der Waals surface area contributed by atoms with Crippen LogP contribution in [0, 0.1) is 13.8 Å². The third-order valence-electron chi connectivity index (χ3n) is 2.66. The molecule has 0 amide bonds. The Kier molecular flexibility index (Phi) is 3.62. The molecule has 1 heterocycles. The molecule has 4 nitrogen and oxygen atoms in total. The second kappa shape index (κ2) is 5.18. The van der Waals surface area contributed by atoms with E-state index in [4.69, 9.17) is 5.11 Å². The molecule has 0 aliphatic heterocycles. The standard InChI is InChI=1S/C13H14N2O2S/c1-8-4-3-5-9(2)11(8)14-6-10-7-18-12(15-10)13(16)17/h3-5,7,14H,6H2,1-2H3,(H,16,17). The maximum absolute atomic E-state index is 10.7. The molecule has 0 aliphatic carbocycles. The molecule has 0 saturated heterocycles. The molecule has 0 unspecified atom stereocenters. The molecule has 0 radical (unpaired) electrons. The number of nitrogens with zero attached hydrogens (tertiary/aromatic N) is 1. The van der Waals surface area contributed by atoms with Crippen molar-refractivity contribution in [1.82, 2.24) is 4.98 Å². The number of hydrogen-bond donors (Lipinski definition) is 2. The first-order valence-electron chi connectivity index (χ1n) is 5.55. The first-order valence-corrected chi connectivity index (χ1v) is 6.43. The number of rotatable bonds is 4. The summed E-state index contributed by atoms with van der Waals surface area (Å²) < 4.78 is 0. The van der Waals surface area contributed by atoms with Gasteiger partial charge in [-0.05, 0) is 25.0 Å². The molecular weight excluding hydrogens is 248 g/mol. The van der Waals surface area contributed by atoms with E-state index in [1.807, 2.05) is 32.0 Å². The maximum atomic E-state index is 10.7. The van der Waals surface area contributed by atoms with Gasteiger partial charge >= 0.3 is 5.97 Å². The summed E-state index contributed by atoms with van der Waals surface area (Å²) in [5.41, 5.74) is 4.18. The summed E-state index contributed by atoms with van der Waals surface area (Å²) in [5.74, 6) is -0.974. The van der Waals surface area contributed by atoms with E-state index in [-0.39, 0.29) is 5.01 Å². The number of nitrogens with one attached hydrogen (secondary N) is 1. The van der Waals surface area contributed by atoms with E-state index >= 15 is 0 Å². The molecule has 0 saturated carbocycles. The van der Waals surface area contributed by atoms with Crippen molar-refractivity contribution in [3.8, 4) is 0 Å². The van der Waals surface area contributed by atoms with Crippen molar-refractivity contribution in [3.63, 3.8) is 0 Å². The van der Waals surface area contributed by atoms with Crippen molar-refractivity contribution in [2.24, 2.45) is 0 Å². The van der Waals surface area contributed by atoms with Crippen LogP contribution in [-0.4, -0.2) is 16.1 Å². The van der Waals surface area contributed by atoms with E-state index in [9.17, 15) is 4.79 Å². The first-order chi connectivity index (χ1) is 8.58. The van der Waals surface area contributed by atoms with Crippen LogP contribution in [0.5, 0.6) is 0 Å². The van der Waals surface area contributed by atoms with Gasteiger partial charge in [0.2, 0.25) is 5.01 Å². The quantitative estimate of drug-likeness (QED) is 0.889. The SMILES string of the molecule is Cc1cccc(C)c1NCc1csc(C(=O)O)n1. The number of thiazole rings is 1. The Labute approximate surface area is 109 Å². The zero-order valence-corrected chi connectivity index (χ0v) is 11.0. The summed E-state index contributed by atoms with van der Waals surface area (Å²) in [5, 5.41) is 14.0. The van der Waals surface area contributed by atoms with Gasteiger partial charge < -0.3 is 10.4 Å². The van der Waals surface area contributed by atoms with Crippen LogP contribution in [0.4, 0.5) is 5.69 Å². The Hall–Kier alpha value is -1.88. The number of para-hydroxylation sites is 1. The lowest BCUT2D eigenvalue weighted by Crippen LogP contribution is -2.04. The second-order valence-corrected chi connectivity index (χ2v) is 4.93. The van der Waals surface area contributed by atoms with Gasteiger partial charge in [0, 0.05) is 11.1 Å². The van der Waals surface area contributed by atoms with Gasteiger partial charge in [-0.3, -0.25) is 0 Å². The zero-order chi connectivity index (χ0) is 13.1. The minimum Gasteiger partial charge on any atom is -0.476 e. The van der Waals surface area contributed by atoms with Crippen LogP contribution < -0.4 is 5.32 Å². The summed E-state index contributed by atoms with van der Waals surface area (Å²) >= 11 is 1.15. The predicted octanol–water partition coefficient (Wildman–Crippen LogP) is 3.07. The number of aromatic carboxylic acids is 1. The van der Waals surface area contributed by atoms with Gasteiger partial charge in [-0.15, -0.1) is 11.3 Å². The predicted molar refractivity (Wildman–Crippen MR) is 72.3 cm³/mol. The maximum Gasteiger partial charge on any atom is 0.365 e. The van der Waals surface area contributed by atoms with E-state index in [2.05, 4.69) is 10.3 Å². The van der Waals surface area contributed by atoms with Gasteiger partial charge in [0.25, 0.3) is 0 Å². The summed E-state index contributed by atoms with van der Waals surface area (Å²) in [6.07, 6.45) is 0. The lowest BCUT2D eigenvalue weighted by Gasteiger charge is -2.11. The van der Waals surface area contributed by atoms with Gasteiger partial charge in [0.1, 0.15) is 0 Å². The third-order valence-corrected chi connectivity index (χ3v) is 3.54. The fourth-order valence-electron chi connectivity index (χ4n) is 1.76. The van der Waals surface area contributed by atoms with Crippen LogP contribution in [0.1, 0.15) is 26.6 Å². The van der Waals surface area contributed by atoms with E-state index in [0.29, 0.717) is 6.54 Å². The van der Waals surface area contributed by atoms with Gasteiger partial charge in [-0.2, -0.15) is 0 Å². The molecule has 0 bridgehead atoms. The molecule has 1 aromatic heterocycles. The average Bonchev–Trinajstić information content (AvgIpc) is 2.77. The Bertz CT molecular complexity index is 558. The van der Waals surface area contributed by atoms with Crippen molar-refractivity contribution in [2.75, 3.05) is 5.32 Å². The number of aryl methyl sites for hydroxylation is 2. The van der Waals surface area contributed by atoms with Crippen LogP contribution in [0.15, 0.2) is 23.6 Å². The van der Waals surface area contributed by atoms with Crippen LogP contribution >= 0.6 is 11.3 Å². The normalized spacial score (nSPS) is 10.3. The summed E-state index contributed by atoms with van der Waals surface area (Å²) in [7, 11) is 0. The highest BCUT2D eigenvalue weighted by Crippen LogP contribution is 2.20. The highest BCUT2D eigenvalue weighted by atomic mass is 32.1.